The maximum atomic E-state index is 4.57. The Morgan fingerprint density at radius 3 is 2.84 bits per heavy atom. The molecule has 1 saturated heterocycles. The second kappa shape index (κ2) is 8.29. The topological polar surface area (TPSA) is 28.2 Å². The van der Waals surface area contributed by atoms with Crippen LogP contribution in [-0.2, 0) is 6.54 Å². The number of hydrogen-bond donors (Lipinski definition) is 1. The van der Waals surface area contributed by atoms with Crippen molar-refractivity contribution in [2.45, 2.75) is 57.5 Å². The molecule has 1 aromatic carbocycles. The Morgan fingerprint density at radius 2 is 1.92 bits per heavy atom. The van der Waals surface area contributed by atoms with Gasteiger partial charge in [-0.15, -0.1) is 0 Å². The molecule has 2 heterocycles. The second-order valence-corrected chi connectivity index (χ2v) is 7.96. The van der Waals surface area contributed by atoms with Gasteiger partial charge in [0.1, 0.15) is 0 Å². The minimum absolute atomic E-state index is 0.732. The summed E-state index contributed by atoms with van der Waals surface area (Å²) in [4.78, 5) is 7.34. The zero-order valence-corrected chi connectivity index (χ0v) is 15.3. The smallest absolute Gasteiger partial charge is 0.0702 e. The van der Waals surface area contributed by atoms with Gasteiger partial charge < -0.3 is 5.32 Å². The molecule has 2 aromatic rings. The molecule has 0 radical (unpaired) electrons. The number of hydrogen-bond acceptors (Lipinski definition) is 3. The summed E-state index contributed by atoms with van der Waals surface area (Å²) < 4.78 is 0. The summed E-state index contributed by atoms with van der Waals surface area (Å²) in [5.41, 5.74) is 2.37. The van der Waals surface area contributed by atoms with Gasteiger partial charge in [0.15, 0.2) is 0 Å². The van der Waals surface area contributed by atoms with Crippen LogP contribution in [0.3, 0.4) is 0 Å². The number of likely N-dealkylation sites (tertiary alicyclic amines) is 1. The van der Waals surface area contributed by atoms with E-state index in [2.05, 4.69) is 39.5 Å². The molecule has 0 bridgehead atoms. The lowest BCUT2D eigenvalue weighted by Crippen LogP contribution is -2.40. The van der Waals surface area contributed by atoms with E-state index in [1.807, 2.05) is 12.3 Å². The van der Waals surface area contributed by atoms with Gasteiger partial charge in [-0.3, -0.25) is 9.88 Å². The fourth-order valence-electron chi connectivity index (χ4n) is 4.66. The molecule has 4 rings (SSSR count). The van der Waals surface area contributed by atoms with E-state index in [4.69, 9.17) is 0 Å². The van der Waals surface area contributed by atoms with Gasteiger partial charge in [-0.25, -0.2) is 0 Å². The minimum atomic E-state index is 0.732. The van der Waals surface area contributed by atoms with E-state index >= 15 is 0 Å². The second-order valence-electron chi connectivity index (χ2n) is 7.96. The zero-order valence-electron chi connectivity index (χ0n) is 15.3. The Bertz CT molecular complexity index is 678. The molecule has 2 aliphatic rings. The summed E-state index contributed by atoms with van der Waals surface area (Å²) in [6.07, 6.45) is 12.0. The molecule has 25 heavy (non-hydrogen) atoms. The highest BCUT2D eigenvalue weighted by Gasteiger charge is 2.26. The molecule has 0 amide bonds. The highest BCUT2D eigenvalue weighted by molar-refractivity contribution is 5.78. The first-order valence-electron chi connectivity index (χ1n) is 10.2. The van der Waals surface area contributed by atoms with Gasteiger partial charge in [0, 0.05) is 37.3 Å². The van der Waals surface area contributed by atoms with Gasteiger partial charge in [0.25, 0.3) is 0 Å². The monoisotopic (exact) mass is 337 g/mol. The van der Waals surface area contributed by atoms with E-state index in [0.29, 0.717) is 0 Å². The average molecular weight is 338 g/mol. The molecule has 1 unspecified atom stereocenters. The normalized spacial score (nSPS) is 22.6. The Balaban J connectivity index is 1.27. The fraction of sp³-hybridized carbons (Fsp3) is 0.591. The van der Waals surface area contributed by atoms with Gasteiger partial charge in [0.05, 0.1) is 5.52 Å². The highest BCUT2D eigenvalue weighted by atomic mass is 15.2. The molecular weight excluding hydrogens is 306 g/mol. The molecule has 1 saturated carbocycles. The largest absolute Gasteiger partial charge is 0.311 e. The SMILES string of the molecule is c1ccc2ncc(CNCC3CCCN3CC3CCCCC3)cc2c1. The number of para-hydroxylation sites is 1. The molecular formula is C22H31N3. The summed E-state index contributed by atoms with van der Waals surface area (Å²) in [6.45, 7) is 4.68. The third-order valence-corrected chi connectivity index (χ3v) is 6.07. The Morgan fingerprint density at radius 1 is 1.04 bits per heavy atom. The van der Waals surface area contributed by atoms with Crippen molar-refractivity contribution < 1.29 is 0 Å². The van der Waals surface area contributed by atoms with E-state index in [1.165, 1.54) is 69.0 Å². The molecule has 1 aromatic heterocycles. The average Bonchev–Trinajstić information content (AvgIpc) is 3.09. The van der Waals surface area contributed by atoms with Crippen LogP contribution in [-0.4, -0.2) is 35.6 Å². The quantitative estimate of drug-likeness (QED) is 0.848. The predicted molar refractivity (Wildman–Crippen MR) is 105 cm³/mol. The van der Waals surface area contributed by atoms with Gasteiger partial charge in [-0.05, 0) is 55.8 Å². The summed E-state index contributed by atoms with van der Waals surface area (Å²) in [5, 5.41) is 4.93. The van der Waals surface area contributed by atoms with Crippen molar-refractivity contribution in [1.29, 1.82) is 0 Å². The van der Waals surface area contributed by atoms with E-state index < -0.39 is 0 Å². The van der Waals surface area contributed by atoms with E-state index in [1.54, 1.807) is 0 Å². The summed E-state index contributed by atoms with van der Waals surface area (Å²) in [7, 11) is 0. The van der Waals surface area contributed by atoms with E-state index in [9.17, 15) is 0 Å². The first kappa shape index (κ1) is 17.0. The first-order chi connectivity index (χ1) is 12.4. The van der Waals surface area contributed by atoms with Crippen LogP contribution in [0.15, 0.2) is 36.5 Å². The zero-order chi connectivity index (χ0) is 16.9. The summed E-state index contributed by atoms with van der Waals surface area (Å²) in [6, 6.07) is 11.4. The van der Waals surface area contributed by atoms with E-state index in [0.717, 1.165) is 30.6 Å². The standard InChI is InChI=1S/C22H31N3/c1-2-7-18(8-3-1)17-25-12-6-10-21(25)16-23-14-19-13-20-9-4-5-11-22(20)24-15-19/h4-5,9,11,13,15,18,21,23H,1-3,6-8,10,12,14,16-17H2. The molecule has 3 nitrogen and oxygen atoms in total. The Kier molecular flexibility index (Phi) is 5.63. The third-order valence-electron chi connectivity index (χ3n) is 6.07. The number of aromatic nitrogens is 1. The molecule has 2 fully saturated rings. The molecule has 134 valence electrons. The molecule has 0 spiro atoms. The van der Waals surface area contributed by atoms with Crippen molar-refractivity contribution in [1.82, 2.24) is 15.2 Å². The van der Waals surface area contributed by atoms with Crippen LogP contribution in [0.2, 0.25) is 0 Å². The molecule has 3 heteroatoms. The lowest BCUT2D eigenvalue weighted by Gasteiger charge is -2.31. The molecule has 1 N–H and O–H groups in total. The lowest BCUT2D eigenvalue weighted by atomic mass is 9.89. The fourth-order valence-corrected chi connectivity index (χ4v) is 4.66. The maximum Gasteiger partial charge on any atom is 0.0702 e. The first-order valence-corrected chi connectivity index (χ1v) is 10.2. The summed E-state index contributed by atoms with van der Waals surface area (Å²) >= 11 is 0. The molecule has 1 atom stereocenters. The number of nitrogens with zero attached hydrogens (tertiary/aromatic N) is 2. The van der Waals surface area contributed by atoms with Crippen LogP contribution < -0.4 is 5.32 Å². The van der Waals surface area contributed by atoms with Crippen LogP contribution in [0.5, 0.6) is 0 Å². The number of benzene rings is 1. The predicted octanol–water partition coefficient (Wildman–Crippen LogP) is 4.37. The molecule has 1 aliphatic heterocycles. The van der Waals surface area contributed by atoms with Gasteiger partial charge >= 0.3 is 0 Å². The van der Waals surface area contributed by atoms with Crippen molar-refractivity contribution in [3.05, 3.63) is 42.1 Å². The lowest BCUT2D eigenvalue weighted by molar-refractivity contribution is 0.184. The summed E-state index contributed by atoms with van der Waals surface area (Å²) in [5.74, 6) is 0.957. The van der Waals surface area contributed by atoms with Crippen molar-refractivity contribution in [2.24, 2.45) is 5.92 Å². The highest BCUT2D eigenvalue weighted by Crippen LogP contribution is 2.27. The maximum absolute atomic E-state index is 4.57. The van der Waals surface area contributed by atoms with E-state index in [-0.39, 0.29) is 0 Å². The minimum Gasteiger partial charge on any atom is -0.311 e. The Labute approximate surface area is 151 Å². The number of fused-ring (bicyclic) bond motifs is 1. The van der Waals surface area contributed by atoms with Crippen molar-refractivity contribution in [3.63, 3.8) is 0 Å². The van der Waals surface area contributed by atoms with Crippen LogP contribution in [0.1, 0.15) is 50.5 Å². The van der Waals surface area contributed by atoms with Crippen LogP contribution >= 0.6 is 0 Å². The Hall–Kier alpha value is -1.45. The van der Waals surface area contributed by atoms with Crippen LogP contribution in [0, 0.1) is 5.92 Å². The van der Waals surface area contributed by atoms with Crippen LogP contribution in [0.25, 0.3) is 10.9 Å². The number of pyridine rings is 1. The number of rotatable bonds is 6. The van der Waals surface area contributed by atoms with Gasteiger partial charge in [0.2, 0.25) is 0 Å². The van der Waals surface area contributed by atoms with Crippen molar-refractivity contribution in [2.75, 3.05) is 19.6 Å². The number of nitrogens with one attached hydrogen (secondary N) is 1. The van der Waals surface area contributed by atoms with Crippen molar-refractivity contribution in [3.8, 4) is 0 Å². The third kappa shape index (κ3) is 4.39. The molecule has 1 aliphatic carbocycles. The van der Waals surface area contributed by atoms with Gasteiger partial charge in [-0.2, -0.15) is 0 Å². The van der Waals surface area contributed by atoms with Crippen LogP contribution in [0.4, 0.5) is 0 Å². The van der Waals surface area contributed by atoms with Crippen molar-refractivity contribution >= 4 is 10.9 Å². The van der Waals surface area contributed by atoms with Gasteiger partial charge in [-0.1, -0.05) is 37.5 Å².